The summed E-state index contributed by atoms with van der Waals surface area (Å²) >= 11 is 0. The van der Waals surface area contributed by atoms with Gasteiger partial charge >= 0.3 is 23.9 Å². The zero-order valence-electron chi connectivity index (χ0n) is 13.7. The zero-order chi connectivity index (χ0) is 18.4. The van der Waals surface area contributed by atoms with Gasteiger partial charge in [-0.25, -0.2) is 0 Å². The van der Waals surface area contributed by atoms with E-state index >= 15 is 0 Å². The average molecular weight is 348 g/mol. The second kappa shape index (κ2) is 8.60. The van der Waals surface area contributed by atoms with Crippen LogP contribution >= 0.6 is 0 Å². The molecular weight excluding hydrogens is 328 g/mol. The van der Waals surface area contributed by atoms with Crippen molar-refractivity contribution in [2.45, 2.75) is 58.4 Å². The van der Waals surface area contributed by atoms with Crippen LogP contribution in [0.4, 0.5) is 0 Å². The number of esters is 4. The van der Waals surface area contributed by atoms with Crippen molar-refractivity contribution < 1.29 is 48.0 Å². The first-order chi connectivity index (χ1) is 11.1. The van der Waals surface area contributed by atoms with Crippen molar-refractivity contribution >= 4 is 23.9 Å². The topological polar surface area (TPSA) is 135 Å². The molecule has 1 aliphatic rings. The van der Waals surface area contributed by atoms with Crippen LogP contribution in [-0.4, -0.2) is 66.3 Å². The first-order valence-corrected chi connectivity index (χ1v) is 7.10. The lowest BCUT2D eigenvalue weighted by molar-refractivity contribution is -0.297. The lowest BCUT2D eigenvalue weighted by atomic mass is 9.98. The third-order valence-electron chi connectivity index (χ3n) is 2.95. The molecule has 0 aromatic heterocycles. The summed E-state index contributed by atoms with van der Waals surface area (Å²) in [6.07, 6.45) is -6.83. The second-order valence-corrected chi connectivity index (χ2v) is 5.09. The molecule has 136 valence electrons. The van der Waals surface area contributed by atoms with Crippen LogP contribution in [0.1, 0.15) is 27.7 Å². The van der Waals surface area contributed by atoms with Crippen LogP contribution in [0.25, 0.3) is 0 Å². The summed E-state index contributed by atoms with van der Waals surface area (Å²) in [6, 6.07) is 0. The first kappa shape index (κ1) is 19.8. The highest BCUT2D eigenvalue weighted by atomic mass is 16.7. The van der Waals surface area contributed by atoms with Gasteiger partial charge < -0.3 is 28.8 Å². The summed E-state index contributed by atoms with van der Waals surface area (Å²) in [6.45, 7) is 4.09. The van der Waals surface area contributed by atoms with E-state index in [1.54, 1.807) is 0 Å². The Labute approximate surface area is 137 Å². The zero-order valence-corrected chi connectivity index (χ0v) is 13.7. The molecule has 1 rings (SSSR count). The van der Waals surface area contributed by atoms with E-state index in [4.69, 9.17) is 23.7 Å². The monoisotopic (exact) mass is 348 g/mol. The molecule has 1 saturated heterocycles. The van der Waals surface area contributed by atoms with Crippen LogP contribution in [0.2, 0.25) is 0 Å². The minimum absolute atomic E-state index is 0.366. The minimum atomic E-state index is -1.60. The van der Waals surface area contributed by atoms with E-state index in [9.17, 15) is 24.3 Å². The molecule has 0 aromatic carbocycles. The predicted octanol–water partition coefficient (Wildman–Crippen LogP) is -0.938. The summed E-state index contributed by atoms with van der Waals surface area (Å²) in [4.78, 5) is 44.7. The number of ether oxygens (including phenoxy) is 5. The van der Waals surface area contributed by atoms with Gasteiger partial charge in [0.1, 0.15) is 12.7 Å². The van der Waals surface area contributed by atoms with Crippen molar-refractivity contribution in [3.05, 3.63) is 0 Å². The number of carbonyl (C=O) groups excluding carboxylic acids is 4. The molecule has 0 amide bonds. The lowest BCUT2D eigenvalue weighted by Crippen LogP contribution is -2.62. The van der Waals surface area contributed by atoms with Gasteiger partial charge in [0.25, 0.3) is 0 Å². The molecule has 1 aliphatic heterocycles. The molecule has 2 unspecified atom stereocenters. The maximum absolute atomic E-state index is 11.3. The van der Waals surface area contributed by atoms with E-state index in [2.05, 4.69) is 0 Å². The Morgan fingerprint density at radius 1 is 0.833 bits per heavy atom. The third-order valence-corrected chi connectivity index (χ3v) is 2.95. The minimum Gasteiger partial charge on any atom is -0.463 e. The quantitative estimate of drug-likeness (QED) is 0.490. The number of aliphatic hydroxyl groups is 1. The van der Waals surface area contributed by atoms with Crippen molar-refractivity contribution in [3.8, 4) is 0 Å². The molecule has 10 nitrogen and oxygen atoms in total. The largest absolute Gasteiger partial charge is 0.463 e. The Hall–Kier alpha value is -2.20. The van der Waals surface area contributed by atoms with Crippen molar-refractivity contribution in [1.29, 1.82) is 0 Å². The van der Waals surface area contributed by atoms with E-state index < -0.39 is 54.6 Å². The molecule has 0 radical (unpaired) electrons. The van der Waals surface area contributed by atoms with Gasteiger partial charge in [0.05, 0.1) is 0 Å². The molecule has 0 saturated carbocycles. The average Bonchev–Trinajstić information content (AvgIpc) is 2.42. The summed E-state index contributed by atoms with van der Waals surface area (Å²) in [7, 11) is 0. The van der Waals surface area contributed by atoms with Crippen LogP contribution in [0.15, 0.2) is 0 Å². The molecule has 10 heteroatoms. The number of aliphatic hydroxyl groups excluding tert-OH is 1. The molecule has 24 heavy (non-hydrogen) atoms. The number of hydrogen-bond donors (Lipinski definition) is 1. The van der Waals surface area contributed by atoms with Crippen molar-refractivity contribution in [2.75, 3.05) is 6.61 Å². The van der Waals surface area contributed by atoms with Gasteiger partial charge in [-0.05, 0) is 0 Å². The SMILES string of the molecule is CC(=O)OCC1O[C@H](OC(C)=O)C(O)[C@@H](OC(C)=O)[C@H]1OC(C)=O. The Balaban J connectivity index is 3.08. The van der Waals surface area contributed by atoms with Gasteiger partial charge in [0.2, 0.25) is 6.29 Å². The van der Waals surface area contributed by atoms with Gasteiger partial charge in [-0.1, -0.05) is 0 Å². The summed E-state index contributed by atoms with van der Waals surface area (Å²) in [5, 5.41) is 10.2. The van der Waals surface area contributed by atoms with Gasteiger partial charge in [-0.2, -0.15) is 0 Å². The Bertz CT molecular complexity index is 486. The molecule has 0 aromatic rings. The predicted molar refractivity (Wildman–Crippen MR) is 74.2 cm³/mol. The third kappa shape index (κ3) is 5.78. The van der Waals surface area contributed by atoms with Gasteiger partial charge in [0.15, 0.2) is 18.3 Å². The number of rotatable bonds is 5. The molecule has 0 spiro atoms. The lowest BCUT2D eigenvalue weighted by Gasteiger charge is -2.42. The molecule has 0 aliphatic carbocycles. The van der Waals surface area contributed by atoms with Gasteiger partial charge in [-0.3, -0.25) is 19.2 Å². The van der Waals surface area contributed by atoms with Crippen LogP contribution in [0.5, 0.6) is 0 Å². The number of hydrogen-bond acceptors (Lipinski definition) is 10. The molecular formula is C14H20O10. The second-order valence-electron chi connectivity index (χ2n) is 5.09. The fourth-order valence-corrected chi connectivity index (χ4v) is 2.15. The van der Waals surface area contributed by atoms with Crippen molar-refractivity contribution in [3.63, 3.8) is 0 Å². The maximum Gasteiger partial charge on any atom is 0.305 e. The van der Waals surface area contributed by atoms with Gasteiger partial charge in [-0.15, -0.1) is 0 Å². The smallest absolute Gasteiger partial charge is 0.305 e. The molecule has 1 N–H and O–H groups in total. The van der Waals surface area contributed by atoms with Crippen LogP contribution in [0.3, 0.4) is 0 Å². The Morgan fingerprint density at radius 2 is 1.33 bits per heavy atom. The van der Waals surface area contributed by atoms with E-state index in [0.29, 0.717) is 0 Å². The molecule has 1 heterocycles. The van der Waals surface area contributed by atoms with E-state index in [1.807, 2.05) is 0 Å². The number of carbonyl (C=O) groups is 4. The normalized spacial score (nSPS) is 29.3. The van der Waals surface area contributed by atoms with Gasteiger partial charge in [0, 0.05) is 27.7 Å². The van der Waals surface area contributed by atoms with Crippen molar-refractivity contribution in [2.24, 2.45) is 0 Å². The highest BCUT2D eigenvalue weighted by Crippen LogP contribution is 2.27. The summed E-state index contributed by atoms with van der Waals surface area (Å²) < 4.78 is 25.0. The molecule has 5 atom stereocenters. The van der Waals surface area contributed by atoms with E-state index in [-0.39, 0.29) is 6.61 Å². The van der Waals surface area contributed by atoms with Crippen LogP contribution in [0, 0.1) is 0 Å². The highest BCUT2D eigenvalue weighted by Gasteiger charge is 2.51. The van der Waals surface area contributed by atoms with E-state index in [0.717, 1.165) is 27.7 Å². The van der Waals surface area contributed by atoms with Crippen molar-refractivity contribution in [1.82, 2.24) is 0 Å². The fourth-order valence-electron chi connectivity index (χ4n) is 2.15. The van der Waals surface area contributed by atoms with E-state index in [1.165, 1.54) is 0 Å². The standard InChI is InChI=1S/C14H20O10/c1-6(15)20-5-10-12(21-7(2)16)13(22-8(3)17)11(19)14(24-10)23-9(4)18/h10-14,19H,5H2,1-4H3/t10?,11?,12-,13+,14-/m0/s1. The summed E-state index contributed by atoms with van der Waals surface area (Å²) in [5.74, 6) is -2.87. The molecule has 0 bridgehead atoms. The Kier molecular flexibility index (Phi) is 7.11. The van der Waals surface area contributed by atoms with Crippen LogP contribution in [-0.2, 0) is 42.9 Å². The summed E-state index contributed by atoms with van der Waals surface area (Å²) in [5.41, 5.74) is 0. The molecule has 1 fully saturated rings. The fraction of sp³-hybridized carbons (Fsp3) is 0.714. The Morgan fingerprint density at radius 3 is 1.79 bits per heavy atom. The first-order valence-electron chi connectivity index (χ1n) is 7.10. The maximum atomic E-state index is 11.3. The highest BCUT2D eigenvalue weighted by molar-refractivity contribution is 5.68. The van der Waals surface area contributed by atoms with Crippen LogP contribution < -0.4 is 0 Å².